The lowest BCUT2D eigenvalue weighted by atomic mass is 9.77. The van der Waals surface area contributed by atoms with Gasteiger partial charge in [0.1, 0.15) is 22.9 Å². The molecule has 0 saturated heterocycles. The van der Waals surface area contributed by atoms with Crippen molar-refractivity contribution >= 4 is 0 Å². The number of allylic oxidation sites excluding steroid dienone is 1. The van der Waals surface area contributed by atoms with Crippen molar-refractivity contribution in [3.05, 3.63) is 71.2 Å². The third-order valence-electron chi connectivity index (χ3n) is 5.94. The van der Waals surface area contributed by atoms with E-state index in [2.05, 4.69) is 16.4 Å². The smallest absolute Gasteiger partial charge is 0.432 e. The van der Waals surface area contributed by atoms with Crippen LogP contribution in [-0.4, -0.2) is 6.43 Å². The summed E-state index contributed by atoms with van der Waals surface area (Å²) in [5.74, 6) is -4.89. The summed E-state index contributed by atoms with van der Waals surface area (Å²) < 4.78 is 106. The Morgan fingerprint density at radius 3 is 2.18 bits per heavy atom. The Kier molecular flexibility index (Phi) is 8.49. The normalized spacial score (nSPS) is 19.1. The quantitative estimate of drug-likeness (QED) is 0.259. The monoisotopic (exact) mass is 490 g/mol. The molecule has 0 bridgehead atoms. The Bertz CT molecular complexity index is 976. The van der Waals surface area contributed by atoms with Crippen molar-refractivity contribution in [2.24, 2.45) is 5.92 Å². The zero-order valence-corrected chi connectivity index (χ0v) is 18.5. The SMILES string of the molecule is CCCC1CCC(c2cc(F)c(C(F)(F)Oc3ccc(O/C=C/C(F)F)c(F)c3)c(F)c2)CC1. The van der Waals surface area contributed by atoms with Crippen LogP contribution >= 0.6 is 0 Å². The van der Waals surface area contributed by atoms with Gasteiger partial charge in [-0.2, -0.15) is 8.78 Å². The number of hydrogen-bond donors (Lipinski definition) is 0. The summed E-state index contributed by atoms with van der Waals surface area (Å²) in [7, 11) is 0. The van der Waals surface area contributed by atoms with Crippen molar-refractivity contribution < 1.29 is 40.2 Å². The van der Waals surface area contributed by atoms with E-state index in [1.807, 2.05) is 0 Å². The van der Waals surface area contributed by atoms with Gasteiger partial charge in [0.25, 0.3) is 6.43 Å². The van der Waals surface area contributed by atoms with Gasteiger partial charge in [0, 0.05) is 12.1 Å². The Balaban J connectivity index is 1.74. The maximum atomic E-state index is 14.6. The van der Waals surface area contributed by atoms with E-state index in [4.69, 9.17) is 0 Å². The van der Waals surface area contributed by atoms with Gasteiger partial charge < -0.3 is 9.47 Å². The third kappa shape index (κ3) is 6.45. The Morgan fingerprint density at radius 2 is 1.62 bits per heavy atom. The molecular formula is C25H25F7O2. The van der Waals surface area contributed by atoms with E-state index in [1.165, 1.54) is 0 Å². The minimum absolute atomic E-state index is 0.110. The molecule has 0 N–H and O–H groups in total. The number of rotatable bonds is 9. The van der Waals surface area contributed by atoms with Crippen LogP contribution in [0.25, 0.3) is 0 Å². The van der Waals surface area contributed by atoms with Crippen LogP contribution in [0.15, 0.2) is 42.7 Å². The Hall–Kier alpha value is -2.71. The summed E-state index contributed by atoms with van der Waals surface area (Å²) in [6.07, 6.45) is -0.892. The highest BCUT2D eigenvalue weighted by Gasteiger charge is 2.41. The van der Waals surface area contributed by atoms with E-state index < -0.39 is 47.0 Å². The fraction of sp³-hybridized carbons (Fsp3) is 0.440. The first-order valence-corrected chi connectivity index (χ1v) is 11.1. The second-order valence-corrected chi connectivity index (χ2v) is 8.36. The summed E-state index contributed by atoms with van der Waals surface area (Å²) in [5, 5.41) is 0. The van der Waals surface area contributed by atoms with Crippen LogP contribution in [-0.2, 0) is 6.11 Å². The van der Waals surface area contributed by atoms with Gasteiger partial charge in [-0.15, -0.1) is 0 Å². The molecule has 0 atom stereocenters. The number of alkyl halides is 4. The van der Waals surface area contributed by atoms with Crippen LogP contribution in [0.3, 0.4) is 0 Å². The minimum Gasteiger partial charge on any atom is -0.462 e. The number of hydrogen-bond acceptors (Lipinski definition) is 2. The molecule has 1 aliphatic rings. The highest BCUT2D eigenvalue weighted by Crippen LogP contribution is 2.41. The topological polar surface area (TPSA) is 18.5 Å². The predicted octanol–water partition coefficient (Wildman–Crippen LogP) is 8.46. The molecule has 0 aromatic heterocycles. The van der Waals surface area contributed by atoms with Crippen molar-refractivity contribution in [2.75, 3.05) is 0 Å². The second-order valence-electron chi connectivity index (χ2n) is 8.36. The maximum Gasteiger partial charge on any atom is 0.432 e. The molecule has 2 aromatic rings. The van der Waals surface area contributed by atoms with E-state index in [-0.39, 0.29) is 5.92 Å². The summed E-state index contributed by atoms with van der Waals surface area (Å²) in [6, 6.07) is 4.04. The van der Waals surface area contributed by atoms with Crippen molar-refractivity contribution in [3.8, 4) is 11.5 Å². The molecule has 2 nitrogen and oxygen atoms in total. The van der Waals surface area contributed by atoms with Crippen LogP contribution in [0.4, 0.5) is 30.7 Å². The van der Waals surface area contributed by atoms with Gasteiger partial charge in [0.2, 0.25) is 0 Å². The van der Waals surface area contributed by atoms with E-state index in [0.29, 0.717) is 29.9 Å². The zero-order valence-electron chi connectivity index (χ0n) is 18.5. The summed E-state index contributed by atoms with van der Waals surface area (Å²) in [6.45, 7) is 2.10. The second kappa shape index (κ2) is 11.1. The summed E-state index contributed by atoms with van der Waals surface area (Å²) >= 11 is 0. The molecule has 0 amide bonds. The first-order chi connectivity index (χ1) is 16.1. The van der Waals surface area contributed by atoms with Crippen LogP contribution in [0.2, 0.25) is 0 Å². The average molecular weight is 490 g/mol. The molecule has 34 heavy (non-hydrogen) atoms. The van der Waals surface area contributed by atoms with Gasteiger partial charge in [-0.05, 0) is 67.3 Å². The molecular weight excluding hydrogens is 465 g/mol. The molecule has 1 fully saturated rings. The molecule has 0 heterocycles. The first-order valence-electron chi connectivity index (χ1n) is 11.1. The van der Waals surface area contributed by atoms with Crippen LogP contribution < -0.4 is 9.47 Å². The van der Waals surface area contributed by atoms with Gasteiger partial charge in [-0.25, -0.2) is 22.0 Å². The fourth-order valence-electron chi connectivity index (χ4n) is 4.31. The number of halogens is 7. The standard InChI is InChI=1S/C25H25F7O2/c1-2-3-15-4-6-16(7-5-15)17-12-20(27)24(21(28)13-17)25(31,32)34-18-8-9-22(19(26)14-18)33-11-10-23(29)30/h8-16,23H,2-7H2,1H3/b11-10+. The molecule has 186 valence electrons. The van der Waals surface area contributed by atoms with Crippen LogP contribution in [0.5, 0.6) is 11.5 Å². The van der Waals surface area contributed by atoms with E-state index in [9.17, 15) is 30.7 Å². The van der Waals surface area contributed by atoms with Gasteiger partial charge in [0.15, 0.2) is 11.6 Å². The lowest BCUT2D eigenvalue weighted by Crippen LogP contribution is -2.25. The van der Waals surface area contributed by atoms with Crippen LogP contribution in [0.1, 0.15) is 62.5 Å². The molecule has 1 saturated carbocycles. The molecule has 3 rings (SSSR count). The summed E-state index contributed by atoms with van der Waals surface area (Å²) in [5.41, 5.74) is -1.24. The van der Waals surface area contributed by atoms with Crippen molar-refractivity contribution in [3.63, 3.8) is 0 Å². The van der Waals surface area contributed by atoms with Crippen molar-refractivity contribution in [1.29, 1.82) is 0 Å². The summed E-state index contributed by atoms with van der Waals surface area (Å²) in [4.78, 5) is 0. The minimum atomic E-state index is -4.43. The molecule has 0 radical (unpaired) electrons. The lowest BCUT2D eigenvalue weighted by molar-refractivity contribution is -0.189. The fourth-order valence-corrected chi connectivity index (χ4v) is 4.31. The molecule has 0 aliphatic heterocycles. The van der Waals surface area contributed by atoms with Gasteiger partial charge in [0.05, 0.1) is 6.26 Å². The number of ether oxygens (including phenoxy) is 2. The van der Waals surface area contributed by atoms with Gasteiger partial charge in [-0.3, -0.25) is 0 Å². The zero-order chi connectivity index (χ0) is 24.9. The van der Waals surface area contributed by atoms with Gasteiger partial charge in [-0.1, -0.05) is 19.8 Å². The molecule has 2 aromatic carbocycles. The number of benzene rings is 2. The van der Waals surface area contributed by atoms with Crippen LogP contribution in [0, 0.1) is 23.4 Å². The Labute approximate surface area is 193 Å². The first kappa shape index (κ1) is 25.9. The van der Waals surface area contributed by atoms with E-state index in [1.54, 1.807) is 0 Å². The van der Waals surface area contributed by atoms with Crippen molar-refractivity contribution in [1.82, 2.24) is 0 Å². The third-order valence-corrected chi connectivity index (χ3v) is 5.94. The lowest BCUT2D eigenvalue weighted by Gasteiger charge is -2.29. The largest absolute Gasteiger partial charge is 0.462 e. The van der Waals surface area contributed by atoms with Crippen molar-refractivity contribution in [2.45, 2.75) is 63.9 Å². The average Bonchev–Trinajstić information content (AvgIpc) is 2.75. The van der Waals surface area contributed by atoms with E-state index >= 15 is 0 Å². The molecule has 0 spiro atoms. The maximum absolute atomic E-state index is 14.6. The van der Waals surface area contributed by atoms with Gasteiger partial charge >= 0.3 is 6.11 Å². The molecule has 0 unspecified atom stereocenters. The van der Waals surface area contributed by atoms with E-state index in [0.717, 1.165) is 62.8 Å². The predicted molar refractivity (Wildman–Crippen MR) is 113 cm³/mol. The highest BCUT2D eigenvalue weighted by molar-refractivity contribution is 5.36. The Morgan fingerprint density at radius 1 is 0.971 bits per heavy atom. The molecule has 9 heteroatoms. The highest BCUT2D eigenvalue weighted by atomic mass is 19.3. The molecule has 1 aliphatic carbocycles.